The van der Waals surface area contributed by atoms with Crippen LogP contribution in [-0.2, 0) is 0 Å². The summed E-state index contributed by atoms with van der Waals surface area (Å²) in [5, 5.41) is 0. The summed E-state index contributed by atoms with van der Waals surface area (Å²) < 4.78 is 52.2. The fraction of sp³-hybridized carbons (Fsp3) is 0.533. The second-order valence-electron chi connectivity index (χ2n) is 5.37. The Bertz CT molecular complexity index is 507. The standard InChI is InChI=1S/C15H16F4O/c1-9-8-10(6-7-13(9)16)14(20)11-4-2-3-5-12(11)15(17,18)19/h6-8,11-12H,2-5H2,1H3. The van der Waals surface area contributed by atoms with E-state index in [1.54, 1.807) is 0 Å². The summed E-state index contributed by atoms with van der Waals surface area (Å²) in [7, 11) is 0. The summed E-state index contributed by atoms with van der Waals surface area (Å²) in [6.07, 6.45) is -2.98. The van der Waals surface area contributed by atoms with Crippen molar-refractivity contribution in [1.82, 2.24) is 0 Å². The topological polar surface area (TPSA) is 17.1 Å². The summed E-state index contributed by atoms with van der Waals surface area (Å²) in [5.74, 6) is -3.59. The number of rotatable bonds is 2. The SMILES string of the molecule is Cc1cc(C(=O)C2CCCCC2C(F)(F)F)ccc1F. The molecule has 1 aromatic carbocycles. The van der Waals surface area contributed by atoms with Crippen molar-refractivity contribution in [2.75, 3.05) is 0 Å². The molecular weight excluding hydrogens is 272 g/mol. The van der Waals surface area contributed by atoms with Crippen LogP contribution < -0.4 is 0 Å². The van der Waals surface area contributed by atoms with E-state index < -0.39 is 29.6 Å². The number of alkyl halides is 3. The predicted molar refractivity (Wildman–Crippen MR) is 67.0 cm³/mol. The van der Waals surface area contributed by atoms with Gasteiger partial charge in [-0.05, 0) is 43.5 Å². The van der Waals surface area contributed by atoms with Gasteiger partial charge in [0.15, 0.2) is 5.78 Å². The summed E-state index contributed by atoms with van der Waals surface area (Å²) in [6, 6.07) is 3.74. The largest absolute Gasteiger partial charge is 0.392 e. The first-order valence-electron chi connectivity index (χ1n) is 6.68. The van der Waals surface area contributed by atoms with E-state index in [1.165, 1.54) is 19.1 Å². The number of ketones is 1. The van der Waals surface area contributed by atoms with Gasteiger partial charge in [-0.3, -0.25) is 4.79 Å². The first-order chi connectivity index (χ1) is 9.30. The summed E-state index contributed by atoms with van der Waals surface area (Å²) >= 11 is 0. The Morgan fingerprint density at radius 3 is 2.45 bits per heavy atom. The smallest absolute Gasteiger partial charge is 0.294 e. The third-order valence-electron chi connectivity index (χ3n) is 3.97. The van der Waals surface area contributed by atoms with Gasteiger partial charge in [-0.25, -0.2) is 4.39 Å². The second kappa shape index (κ2) is 5.54. The first kappa shape index (κ1) is 15.0. The van der Waals surface area contributed by atoms with Crippen LogP contribution >= 0.6 is 0 Å². The van der Waals surface area contributed by atoms with E-state index in [4.69, 9.17) is 0 Å². The van der Waals surface area contributed by atoms with Crippen LogP contribution in [0.3, 0.4) is 0 Å². The molecule has 20 heavy (non-hydrogen) atoms. The molecule has 1 aromatic rings. The molecular formula is C15H16F4O. The van der Waals surface area contributed by atoms with Gasteiger partial charge in [0.1, 0.15) is 5.82 Å². The first-order valence-corrected chi connectivity index (χ1v) is 6.68. The average Bonchev–Trinajstić information content (AvgIpc) is 2.40. The van der Waals surface area contributed by atoms with Crippen molar-refractivity contribution in [3.63, 3.8) is 0 Å². The normalized spacial score (nSPS) is 23.6. The van der Waals surface area contributed by atoms with Gasteiger partial charge in [-0.1, -0.05) is 12.8 Å². The molecule has 1 aliphatic carbocycles. The van der Waals surface area contributed by atoms with Gasteiger partial charge < -0.3 is 0 Å². The molecule has 0 N–H and O–H groups in total. The van der Waals surface area contributed by atoms with Gasteiger partial charge in [0.05, 0.1) is 5.92 Å². The molecule has 2 unspecified atom stereocenters. The Balaban J connectivity index is 2.27. The van der Waals surface area contributed by atoms with Crippen molar-refractivity contribution in [2.24, 2.45) is 11.8 Å². The van der Waals surface area contributed by atoms with Crippen molar-refractivity contribution in [3.05, 3.63) is 35.1 Å². The van der Waals surface area contributed by atoms with Crippen molar-refractivity contribution in [2.45, 2.75) is 38.8 Å². The quantitative estimate of drug-likeness (QED) is 0.570. The lowest BCUT2D eigenvalue weighted by atomic mass is 9.75. The zero-order valence-corrected chi connectivity index (χ0v) is 11.1. The molecule has 0 radical (unpaired) electrons. The molecule has 2 atom stereocenters. The molecule has 0 heterocycles. The van der Waals surface area contributed by atoms with E-state index in [0.29, 0.717) is 12.8 Å². The van der Waals surface area contributed by atoms with Crippen LogP contribution in [0.5, 0.6) is 0 Å². The fourth-order valence-electron chi connectivity index (χ4n) is 2.85. The van der Waals surface area contributed by atoms with E-state index in [-0.39, 0.29) is 24.0 Å². The Hall–Kier alpha value is -1.39. The zero-order valence-electron chi connectivity index (χ0n) is 11.1. The van der Waals surface area contributed by atoms with E-state index in [2.05, 4.69) is 0 Å². The number of hydrogen-bond acceptors (Lipinski definition) is 1. The third kappa shape index (κ3) is 3.02. The average molecular weight is 288 g/mol. The Morgan fingerprint density at radius 1 is 1.20 bits per heavy atom. The molecule has 0 aromatic heterocycles. The van der Waals surface area contributed by atoms with Crippen LogP contribution in [0.4, 0.5) is 17.6 Å². The molecule has 1 aliphatic rings. The molecule has 1 saturated carbocycles. The zero-order chi connectivity index (χ0) is 14.9. The summed E-state index contributed by atoms with van der Waals surface area (Å²) in [5.41, 5.74) is 0.445. The number of halogens is 4. The highest BCUT2D eigenvalue weighted by Gasteiger charge is 2.48. The molecule has 0 bridgehead atoms. The molecule has 5 heteroatoms. The fourth-order valence-corrected chi connectivity index (χ4v) is 2.85. The Labute approximate surface area is 115 Å². The molecule has 0 spiro atoms. The Morgan fingerprint density at radius 2 is 1.85 bits per heavy atom. The molecule has 110 valence electrons. The van der Waals surface area contributed by atoms with Crippen LogP contribution in [0.1, 0.15) is 41.6 Å². The van der Waals surface area contributed by atoms with E-state index in [1.807, 2.05) is 0 Å². The van der Waals surface area contributed by atoms with Crippen molar-refractivity contribution in [1.29, 1.82) is 0 Å². The minimum Gasteiger partial charge on any atom is -0.294 e. The van der Waals surface area contributed by atoms with Crippen LogP contribution in [0.2, 0.25) is 0 Å². The van der Waals surface area contributed by atoms with Gasteiger partial charge in [-0.2, -0.15) is 13.2 Å². The van der Waals surface area contributed by atoms with E-state index in [0.717, 1.165) is 6.07 Å². The number of Topliss-reactive ketones (excluding diaryl/α,β-unsaturated/α-hetero) is 1. The number of aryl methyl sites for hydroxylation is 1. The van der Waals surface area contributed by atoms with Gasteiger partial charge in [-0.15, -0.1) is 0 Å². The van der Waals surface area contributed by atoms with Gasteiger partial charge in [0.2, 0.25) is 0 Å². The van der Waals surface area contributed by atoms with E-state index >= 15 is 0 Å². The van der Waals surface area contributed by atoms with Gasteiger partial charge >= 0.3 is 6.18 Å². The molecule has 2 rings (SSSR count). The van der Waals surface area contributed by atoms with Crippen LogP contribution in [0.15, 0.2) is 18.2 Å². The highest BCUT2D eigenvalue weighted by atomic mass is 19.4. The van der Waals surface area contributed by atoms with E-state index in [9.17, 15) is 22.4 Å². The molecule has 0 aliphatic heterocycles. The van der Waals surface area contributed by atoms with Gasteiger partial charge in [0.25, 0.3) is 0 Å². The minimum absolute atomic E-state index is 0.0000828. The highest BCUT2D eigenvalue weighted by Crippen LogP contribution is 2.42. The van der Waals surface area contributed by atoms with Crippen molar-refractivity contribution < 1.29 is 22.4 Å². The Kier molecular flexibility index (Phi) is 4.16. The molecule has 0 amide bonds. The minimum atomic E-state index is -4.35. The molecule has 1 fully saturated rings. The molecule has 1 nitrogen and oxygen atoms in total. The highest BCUT2D eigenvalue weighted by molar-refractivity contribution is 5.98. The predicted octanol–water partition coefficient (Wildman–Crippen LogP) is 4.69. The summed E-state index contributed by atoms with van der Waals surface area (Å²) in [6.45, 7) is 1.49. The lowest BCUT2D eigenvalue weighted by Crippen LogP contribution is -2.37. The molecule has 0 saturated heterocycles. The third-order valence-corrected chi connectivity index (χ3v) is 3.97. The lowest BCUT2D eigenvalue weighted by Gasteiger charge is -2.32. The second-order valence-corrected chi connectivity index (χ2v) is 5.37. The lowest BCUT2D eigenvalue weighted by molar-refractivity contribution is -0.190. The summed E-state index contributed by atoms with van der Waals surface area (Å²) in [4.78, 5) is 12.3. The number of carbonyl (C=O) groups is 1. The van der Waals surface area contributed by atoms with Crippen LogP contribution in [0.25, 0.3) is 0 Å². The monoisotopic (exact) mass is 288 g/mol. The number of carbonyl (C=O) groups excluding carboxylic acids is 1. The van der Waals surface area contributed by atoms with Crippen LogP contribution in [-0.4, -0.2) is 12.0 Å². The van der Waals surface area contributed by atoms with Crippen molar-refractivity contribution >= 4 is 5.78 Å². The maximum atomic E-state index is 13.2. The van der Waals surface area contributed by atoms with Gasteiger partial charge in [0, 0.05) is 11.5 Å². The van der Waals surface area contributed by atoms with Crippen LogP contribution in [0, 0.1) is 24.6 Å². The number of hydrogen-bond donors (Lipinski definition) is 0. The number of benzene rings is 1. The maximum Gasteiger partial charge on any atom is 0.392 e. The maximum absolute atomic E-state index is 13.2. The van der Waals surface area contributed by atoms with Crippen molar-refractivity contribution in [3.8, 4) is 0 Å².